The molecule has 10 heteroatoms. The van der Waals surface area contributed by atoms with E-state index in [2.05, 4.69) is 15.1 Å². The van der Waals surface area contributed by atoms with Crippen molar-refractivity contribution in [2.24, 2.45) is 0 Å². The Bertz CT molecular complexity index is 1700. The predicted molar refractivity (Wildman–Crippen MR) is 143 cm³/mol. The van der Waals surface area contributed by atoms with Crippen LogP contribution < -0.4 is 4.90 Å². The Kier molecular flexibility index (Phi) is 6.15. The van der Waals surface area contributed by atoms with E-state index in [-0.39, 0.29) is 5.56 Å². The second-order valence-corrected chi connectivity index (χ2v) is 9.82. The molecule has 6 rings (SSSR count). The number of aryl methyl sites for hydroxylation is 1. The lowest BCUT2D eigenvalue weighted by molar-refractivity contribution is 0.0762. The quantitative estimate of drug-likeness (QED) is 0.305. The Morgan fingerprint density at radius 2 is 1.82 bits per heavy atom. The lowest BCUT2D eigenvalue weighted by Crippen LogP contribution is -2.36. The van der Waals surface area contributed by atoms with E-state index < -0.39 is 17.5 Å². The SMILES string of the molecule is Cc1cccc(-c2nnc3c4ccc(Cl)cc4nc(N4CCCN(C(=O)c5ccc(F)cc5F)CC4)n23)c1. The summed E-state index contributed by atoms with van der Waals surface area (Å²) in [5, 5.41) is 10.4. The minimum absolute atomic E-state index is 0.138. The van der Waals surface area contributed by atoms with Crippen LogP contribution in [0.5, 0.6) is 0 Å². The summed E-state index contributed by atoms with van der Waals surface area (Å²) >= 11 is 6.29. The maximum absolute atomic E-state index is 14.3. The fraction of sp³-hybridized carbons (Fsp3) is 0.214. The zero-order valence-electron chi connectivity index (χ0n) is 20.5. The van der Waals surface area contributed by atoms with E-state index in [1.165, 1.54) is 6.07 Å². The largest absolute Gasteiger partial charge is 0.340 e. The molecule has 1 saturated heterocycles. The summed E-state index contributed by atoms with van der Waals surface area (Å²) in [5.41, 5.74) is 3.21. The first-order chi connectivity index (χ1) is 18.4. The molecule has 3 aromatic carbocycles. The maximum atomic E-state index is 14.3. The zero-order chi connectivity index (χ0) is 26.4. The van der Waals surface area contributed by atoms with Gasteiger partial charge in [-0.05, 0) is 49.7 Å². The molecule has 38 heavy (non-hydrogen) atoms. The standard InChI is InChI=1S/C28H23ClF2N6O/c1-17-4-2-5-18(14-17)25-33-34-26-22-8-6-19(29)15-24(22)32-28(37(25)26)36-11-3-10-35(12-13-36)27(38)21-9-7-20(30)16-23(21)31/h2,4-9,14-16H,3,10-13H2,1H3. The number of carbonyl (C=O) groups excluding carboxylic acids is 1. The summed E-state index contributed by atoms with van der Waals surface area (Å²) in [6.07, 6.45) is 0.632. The van der Waals surface area contributed by atoms with Crippen molar-refractivity contribution >= 4 is 40.0 Å². The molecular formula is C28H23ClF2N6O. The summed E-state index contributed by atoms with van der Waals surface area (Å²) in [7, 11) is 0. The number of carbonyl (C=O) groups is 1. The van der Waals surface area contributed by atoms with Crippen molar-refractivity contribution in [2.45, 2.75) is 13.3 Å². The second-order valence-electron chi connectivity index (χ2n) is 9.38. The number of rotatable bonds is 3. The fourth-order valence-electron chi connectivity index (χ4n) is 4.93. The van der Waals surface area contributed by atoms with E-state index in [1.807, 2.05) is 41.7 Å². The molecule has 192 valence electrons. The topological polar surface area (TPSA) is 66.6 Å². The van der Waals surface area contributed by atoms with Crippen LogP contribution in [0.3, 0.4) is 0 Å². The van der Waals surface area contributed by atoms with E-state index in [9.17, 15) is 13.6 Å². The summed E-state index contributed by atoms with van der Waals surface area (Å²) in [6.45, 7) is 3.85. The van der Waals surface area contributed by atoms with Crippen LogP contribution >= 0.6 is 11.6 Å². The van der Waals surface area contributed by atoms with Crippen molar-refractivity contribution in [3.63, 3.8) is 0 Å². The van der Waals surface area contributed by atoms with Crippen molar-refractivity contribution < 1.29 is 13.6 Å². The van der Waals surface area contributed by atoms with Gasteiger partial charge < -0.3 is 9.80 Å². The van der Waals surface area contributed by atoms with Gasteiger partial charge in [0, 0.05) is 48.2 Å². The van der Waals surface area contributed by atoms with Crippen molar-refractivity contribution in [1.82, 2.24) is 24.5 Å². The van der Waals surface area contributed by atoms with Gasteiger partial charge in [-0.1, -0.05) is 35.4 Å². The molecule has 0 atom stereocenters. The molecule has 0 unspecified atom stereocenters. The highest BCUT2D eigenvalue weighted by atomic mass is 35.5. The van der Waals surface area contributed by atoms with Crippen LogP contribution in [-0.4, -0.2) is 56.6 Å². The fourth-order valence-corrected chi connectivity index (χ4v) is 5.10. The molecule has 5 aromatic rings. The highest BCUT2D eigenvalue weighted by Gasteiger charge is 2.26. The molecule has 2 aromatic heterocycles. The number of hydrogen-bond donors (Lipinski definition) is 0. The number of amides is 1. The van der Waals surface area contributed by atoms with Gasteiger partial charge in [0.15, 0.2) is 11.5 Å². The Labute approximate surface area is 222 Å². The molecule has 0 N–H and O–H groups in total. The zero-order valence-corrected chi connectivity index (χ0v) is 21.3. The molecule has 0 radical (unpaired) electrons. The minimum Gasteiger partial charge on any atom is -0.340 e. The number of halogens is 3. The third-order valence-corrected chi connectivity index (χ3v) is 7.02. The first-order valence-electron chi connectivity index (χ1n) is 12.3. The van der Waals surface area contributed by atoms with Gasteiger partial charge in [0.2, 0.25) is 5.95 Å². The molecule has 7 nitrogen and oxygen atoms in total. The third-order valence-electron chi connectivity index (χ3n) is 6.79. The molecule has 3 heterocycles. The van der Waals surface area contributed by atoms with Gasteiger partial charge in [0.1, 0.15) is 11.6 Å². The van der Waals surface area contributed by atoms with Gasteiger partial charge in [-0.2, -0.15) is 0 Å². The molecule has 1 aliphatic rings. The molecule has 0 aliphatic carbocycles. The second kappa shape index (κ2) is 9.64. The monoisotopic (exact) mass is 532 g/mol. The van der Waals surface area contributed by atoms with E-state index in [0.29, 0.717) is 60.6 Å². The van der Waals surface area contributed by atoms with Crippen LogP contribution in [0.1, 0.15) is 22.3 Å². The van der Waals surface area contributed by atoms with Crippen LogP contribution in [0.25, 0.3) is 27.9 Å². The molecule has 0 spiro atoms. The lowest BCUT2D eigenvalue weighted by Gasteiger charge is -2.24. The first-order valence-corrected chi connectivity index (χ1v) is 12.7. The van der Waals surface area contributed by atoms with Gasteiger partial charge in [0.05, 0.1) is 11.1 Å². The molecule has 1 amide bonds. The summed E-state index contributed by atoms with van der Waals surface area (Å²) in [4.78, 5) is 21.7. The van der Waals surface area contributed by atoms with Gasteiger partial charge in [-0.15, -0.1) is 10.2 Å². The van der Waals surface area contributed by atoms with Crippen molar-refractivity contribution in [2.75, 3.05) is 31.1 Å². The average molecular weight is 533 g/mol. The summed E-state index contributed by atoms with van der Waals surface area (Å²) in [6, 6.07) is 16.5. The normalized spacial score (nSPS) is 14.3. The molecule has 0 saturated carbocycles. The van der Waals surface area contributed by atoms with Gasteiger partial charge >= 0.3 is 0 Å². The molecule has 0 bridgehead atoms. The molecule has 1 fully saturated rings. The number of anilines is 1. The smallest absolute Gasteiger partial charge is 0.256 e. The molecule has 1 aliphatic heterocycles. The van der Waals surface area contributed by atoms with E-state index >= 15 is 0 Å². The average Bonchev–Trinajstić information content (AvgIpc) is 3.19. The predicted octanol–water partition coefficient (Wildman–Crippen LogP) is 5.54. The van der Waals surface area contributed by atoms with Crippen LogP contribution in [0.2, 0.25) is 5.02 Å². The number of aromatic nitrogens is 4. The number of nitrogens with zero attached hydrogens (tertiary/aromatic N) is 6. The molecular weight excluding hydrogens is 510 g/mol. The highest BCUT2D eigenvalue weighted by molar-refractivity contribution is 6.31. The van der Waals surface area contributed by atoms with Crippen LogP contribution in [0, 0.1) is 18.6 Å². The van der Waals surface area contributed by atoms with Gasteiger partial charge in [0.25, 0.3) is 5.91 Å². The van der Waals surface area contributed by atoms with Gasteiger partial charge in [-0.25, -0.2) is 18.2 Å². The highest BCUT2D eigenvalue weighted by Crippen LogP contribution is 2.30. The van der Waals surface area contributed by atoms with Crippen molar-refractivity contribution in [3.8, 4) is 11.4 Å². The van der Waals surface area contributed by atoms with Crippen LogP contribution in [0.15, 0.2) is 60.7 Å². The number of benzene rings is 3. The Morgan fingerprint density at radius 1 is 0.947 bits per heavy atom. The van der Waals surface area contributed by atoms with Crippen molar-refractivity contribution in [3.05, 3.63) is 88.4 Å². The maximum Gasteiger partial charge on any atom is 0.256 e. The Morgan fingerprint density at radius 3 is 2.63 bits per heavy atom. The Hall–Kier alpha value is -4.11. The lowest BCUT2D eigenvalue weighted by atomic mass is 10.1. The van der Waals surface area contributed by atoms with E-state index in [0.717, 1.165) is 28.6 Å². The van der Waals surface area contributed by atoms with E-state index in [4.69, 9.17) is 16.6 Å². The summed E-state index contributed by atoms with van der Waals surface area (Å²) < 4.78 is 29.6. The van der Waals surface area contributed by atoms with E-state index in [1.54, 1.807) is 17.0 Å². The minimum atomic E-state index is -0.863. The van der Waals surface area contributed by atoms with Gasteiger partial charge in [-0.3, -0.25) is 4.79 Å². The van der Waals surface area contributed by atoms with Crippen LogP contribution in [-0.2, 0) is 0 Å². The summed E-state index contributed by atoms with van der Waals surface area (Å²) in [5.74, 6) is -0.742. The number of fused-ring (bicyclic) bond motifs is 3. The Balaban J connectivity index is 1.41. The number of hydrogen-bond acceptors (Lipinski definition) is 5. The van der Waals surface area contributed by atoms with Crippen LogP contribution in [0.4, 0.5) is 14.7 Å². The first kappa shape index (κ1) is 24.2. The third kappa shape index (κ3) is 4.32. The van der Waals surface area contributed by atoms with Crippen molar-refractivity contribution in [1.29, 1.82) is 0 Å².